The first-order valence-electron chi connectivity index (χ1n) is 8.38. The average Bonchev–Trinajstić information content (AvgIpc) is 3.01. The third kappa shape index (κ3) is 2.99. The molecule has 2 heteroatoms. The second-order valence-corrected chi connectivity index (χ2v) is 6.26. The summed E-state index contributed by atoms with van der Waals surface area (Å²) in [5, 5.41) is 1.00. The van der Waals surface area contributed by atoms with Gasteiger partial charge in [0, 0.05) is 22.9 Å². The van der Waals surface area contributed by atoms with E-state index in [2.05, 4.69) is 12.1 Å². The van der Waals surface area contributed by atoms with E-state index < -0.39 is 0 Å². The van der Waals surface area contributed by atoms with Gasteiger partial charge >= 0.3 is 0 Å². The Labute approximate surface area is 146 Å². The highest BCUT2D eigenvalue weighted by molar-refractivity contribution is 6.10. The van der Waals surface area contributed by atoms with Crippen LogP contribution >= 0.6 is 0 Å². The van der Waals surface area contributed by atoms with Crippen LogP contribution in [0.15, 0.2) is 83.3 Å². The summed E-state index contributed by atoms with van der Waals surface area (Å²) in [6, 6.07) is 25.6. The zero-order valence-corrected chi connectivity index (χ0v) is 14.0. The zero-order chi connectivity index (χ0) is 17.2. The third-order valence-electron chi connectivity index (χ3n) is 4.44. The topological polar surface area (TPSA) is 30.2 Å². The van der Waals surface area contributed by atoms with Gasteiger partial charge in [-0.25, -0.2) is 0 Å². The molecule has 0 aliphatic heterocycles. The summed E-state index contributed by atoms with van der Waals surface area (Å²) in [4.78, 5) is 13.0. The van der Waals surface area contributed by atoms with Crippen molar-refractivity contribution in [1.82, 2.24) is 0 Å². The summed E-state index contributed by atoms with van der Waals surface area (Å²) >= 11 is 0. The predicted octanol–water partition coefficient (Wildman–Crippen LogP) is 5.56. The monoisotopic (exact) mass is 326 g/mol. The Hall–Kier alpha value is -3.13. The third-order valence-corrected chi connectivity index (χ3v) is 4.44. The van der Waals surface area contributed by atoms with Crippen molar-refractivity contribution in [2.45, 2.75) is 13.3 Å². The van der Waals surface area contributed by atoms with E-state index in [1.165, 1.54) is 0 Å². The van der Waals surface area contributed by atoms with Gasteiger partial charge in [0.25, 0.3) is 0 Å². The number of ketones is 1. The van der Waals surface area contributed by atoms with Crippen LogP contribution in [-0.4, -0.2) is 5.78 Å². The molecule has 0 radical (unpaired) electrons. The molecule has 0 amide bonds. The number of hydrogen-bond acceptors (Lipinski definition) is 2. The summed E-state index contributed by atoms with van der Waals surface area (Å²) < 4.78 is 5.97. The van der Waals surface area contributed by atoms with Crippen LogP contribution in [0.1, 0.15) is 32.8 Å². The summed E-state index contributed by atoms with van der Waals surface area (Å²) in [7, 11) is 0. The molecular formula is C23H18O2. The fourth-order valence-electron chi connectivity index (χ4n) is 3.09. The molecule has 0 aliphatic rings. The molecule has 4 aromatic rings. The summed E-state index contributed by atoms with van der Waals surface area (Å²) in [5.41, 5.74) is 4.65. The lowest BCUT2D eigenvalue weighted by Gasteiger charge is -2.04. The van der Waals surface area contributed by atoms with Crippen molar-refractivity contribution >= 4 is 16.8 Å². The smallest absolute Gasteiger partial charge is 0.228 e. The predicted molar refractivity (Wildman–Crippen MR) is 100 cm³/mol. The molecule has 1 aromatic heterocycles. The first-order chi connectivity index (χ1) is 12.2. The van der Waals surface area contributed by atoms with Gasteiger partial charge < -0.3 is 4.42 Å². The van der Waals surface area contributed by atoms with Crippen LogP contribution in [0.2, 0.25) is 0 Å². The van der Waals surface area contributed by atoms with Gasteiger partial charge in [-0.15, -0.1) is 0 Å². The fourth-order valence-corrected chi connectivity index (χ4v) is 3.09. The number of para-hydroxylation sites is 1. The summed E-state index contributed by atoms with van der Waals surface area (Å²) in [5.74, 6) is 0.371. The van der Waals surface area contributed by atoms with Crippen molar-refractivity contribution in [3.8, 4) is 0 Å². The highest BCUT2D eigenvalue weighted by Crippen LogP contribution is 2.30. The lowest BCUT2D eigenvalue weighted by molar-refractivity contribution is 0.101. The molecule has 0 N–H and O–H groups in total. The largest absolute Gasteiger partial charge is 0.452 e. The van der Waals surface area contributed by atoms with Gasteiger partial charge in [-0.1, -0.05) is 78.4 Å². The maximum Gasteiger partial charge on any atom is 0.228 e. The first-order valence-corrected chi connectivity index (χ1v) is 8.38. The molecule has 122 valence electrons. The maximum atomic E-state index is 13.0. The van der Waals surface area contributed by atoms with E-state index in [4.69, 9.17) is 4.42 Å². The van der Waals surface area contributed by atoms with E-state index in [1.807, 2.05) is 73.7 Å². The van der Waals surface area contributed by atoms with E-state index in [9.17, 15) is 4.79 Å². The average molecular weight is 326 g/mol. The second-order valence-electron chi connectivity index (χ2n) is 6.26. The van der Waals surface area contributed by atoms with Gasteiger partial charge in [-0.2, -0.15) is 0 Å². The Kier molecular flexibility index (Phi) is 3.95. The van der Waals surface area contributed by atoms with E-state index in [1.54, 1.807) is 0 Å². The number of aryl methyl sites for hydroxylation is 1. The normalized spacial score (nSPS) is 10.9. The highest BCUT2D eigenvalue weighted by atomic mass is 16.3. The van der Waals surface area contributed by atoms with Gasteiger partial charge in [0.1, 0.15) is 5.58 Å². The van der Waals surface area contributed by atoms with Crippen LogP contribution in [0.3, 0.4) is 0 Å². The molecule has 3 aromatic carbocycles. The van der Waals surface area contributed by atoms with Crippen molar-refractivity contribution < 1.29 is 9.21 Å². The van der Waals surface area contributed by atoms with Gasteiger partial charge in [0.05, 0.1) is 0 Å². The minimum Gasteiger partial charge on any atom is -0.452 e. The maximum absolute atomic E-state index is 13.0. The van der Waals surface area contributed by atoms with E-state index in [0.717, 1.165) is 27.7 Å². The minimum absolute atomic E-state index is 0.0675. The summed E-state index contributed by atoms with van der Waals surface area (Å²) in [6.07, 6.45) is 0.671. The molecule has 0 atom stereocenters. The number of rotatable bonds is 4. The van der Waals surface area contributed by atoms with Crippen LogP contribution < -0.4 is 0 Å². The Morgan fingerprint density at radius 2 is 1.52 bits per heavy atom. The molecule has 0 unspecified atom stereocenters. The Bertz CT molecular complexity index is 1020. The molecule has 1 heterocycles. The quantitative estimate of drug-likeness (QED) is 0.459. The number of hydrogen-bond donors (Lipinski definition) is 0. The second kappa shape index (κ2) is 6.40. The zero-order valence-electron chi connectivity index (χ0n) is 14.0. The van der Waals surface area contributed by atoms with Crippen molar-refractivity contribution in [3.05, 3.63) is 107 Å². The van der Waals surface area contributed by atoms with Crippen molar-refractivity contribution in [3.63, 3.8) is 0 Å². The van der Waals surface area contributed by atoms with Crippen LogP contribution in [0.5, 0.6) is 0 Å². The fraction of sp³-hybridized carbons (Fsp3) is 0.0870. The Morgan fingerprint density at radius 3 is 2.28 bits per heavy atom. The van der Waals surface area contributed by atoms with Crippen LogP contribution in [0, 0.1) is 6.92 Å². The highest BCUT2D eigenvalue weighted by Gasteiger charge is 2.21. The van der Waals surface area contributed by atoms with Crippen LogP contribution in [0.25, 0.3) is 11.0 Å². The standard InChI is InChI=1S/C23H18O2/c1-16-11-13-18(14-12-16)22(24)23-20(15-17-7-3-2-4-8-17)19-9-5-6-10-21(19)25-23/h2-14H,15H2,1H3. The van der Waals surface area contributed by atoms with Crippen LogP contribution in [-0.2, 0) is 6.42 Å². The molecule has 25 heavy (non-hydrogen) atoms. The number of carbonyl (C=O) groups is 1. The molecule has 0 saturated carbocycles. The van der Waals surface area contributed by atoms with Crippen molar-refractivity contribution in [1.29, 1.82) is 0 Å². The molecule has 0 saturated heterocycles. The van der Waals surface area contributed by atoms with Crippen LogP contribution in [0.4, 0.5) is 0 Å². The van der Waals surface area contributed by atoms with Crippen molar-refractivity contribution in [2.75, 3.05) is 0 Å². The summed E-state index contributed by atoms with van der Waals surface area (Å²) in [6.45, 7) is 2.01. The van der Waals surface area contributed by atoms with E-state index in [-0.39, 0.29) is 5.78 Å². The molecule has 0 aliphatic carbocycles. The van der Waals surface area contributed by atoms with E-state index >= 15 is 0 Å². The SMILES string of the molecule is Cc1ccc(C(=O)c2oc3ccccc3c2Cc2ccccc2)cc1. The molecule has 0 bridgehead atoms. The minimum atomic E-state index is -0.0675. The van der Waals surface area contributed by atoms with Gasteiger partial charge in [-0.3, -0.25) is 4.79 Å². The lowest BCUT2D eigenvalue weighted by atomic mass is 9.98. The number of carbonyl (C=O) groups excluding carboxylic acids is 1. The molecular weight excluding hydrogens is 308 g/mol. The van der Waals surface area contributed by atoms with Gasteiger partial charge in [0.2, 0.25) is 5.78 Å². The van der Waals surface area contributed by atoms with Gasteiger partial charge in [-0.05, 0) is 18.6 Å². The molecule has 4 rings (SSSR count). The number of benzene rings is 3. The Balaban J connectivity index is 1.83. The van der Waals surface area contributed by atoms with E-state index in [0.29, 0.717) is 17.7 Å². The lowest BCUT2D eigenvalue weighted by Crippen LogP contribution is -2.04. The molecule has 0 spiro atoms. The first kappa shape index (κ1) is 15.4. The number of furan rings is 1. The molecule has 0 fully saturated rings. The number of fused-ring (bicyclic) bond motifs is 1. The van der Waals surface area contributed by atoms with Crippen molar-refractivity contribution in [2.24, 2.45) is 0 Å². The Morgan fingerprint density at radius 1 is 0.840 bits per heavy atom. The molecule has 2 nitrogen and oxygen atoms in total. The van der Waals surface area contributed by atoms with Gasteiger partial charge in [0.15, 0.2) is 5.76 Å².